The first kappa shape index (κ1) is 14.3. The van der Waals surface area contributed by atoms with Crippen molar-refractivity contribution < 1.29 is 9.16 Å². The van der Waals surface area contributed by atoms with E-state index < -0.39 is 8.32 Å². The van der Waals surface area contributed by atoms with Gasteiger partial charge in [-0.3, -0.25) is 0 Å². The van der Waals surface area contributed by atoms with Gasteiger partial charge < -0.3 is 14.1 Å². The van der Waals surface area contributed by atoms with E-state index in [1.165, 1.54) is 12.8 Å². The summed E-state index contributed by atoms with van der Waals surface area (Å²) in [6, 6.07) is 0.510. The molecule has 17 heavy (non-hydrogen) atoms. The van der Waals surface area contributed by atoms with Crippen LogP contribution < -0.4 is 0 Å². The molecule has 1 aliphatic heterocycles. The number of methoxy groups -OCH3 is 1. The molecule has 98 valence electrons. The highest BCUT2D eigenvalue weighted by Gasteiger charge is 2.21. The fourth-order valence-corrected chi connectivity index (χ4v) is 2.89. The van der Waals surface area contributed by atoms with Crippen LogP contribution in [-0.2, 0) is 9.16 Å². The number of rotatable bonds is 6. The highest BCUT2D eigenvalue weighted by molar-refractivity contribution is 6.70. The molecule has 3 nitrogen and oxygen atoms in total. The number of ether oxygens (including phenoxy) is 1. The lowest BCUT2D eigenvalue weighted by Gasteiger charge is -2.23. The van der Waals surface area contributed by atoms with E-state index in [-0.39, 0.29) is 0 Å². The minimum absolute atomic E-state index is 0.510. The van der Waals surface area contributed by atoms with Crippen LogP contribution in [0.3, 0.4) is 0 Å². The Kier molecular flexibility index (Phi) is 5.27. The maximum atomic E-state index is 5.79. The Labute approximate surface area is 106 Å². The van der Waals surface area contributed by atoms with Crippen molar-refractivity contribution in [3.8, 4) is 0 Å². The number of nitrogens with zero attached hydrogens (tertiary/aromatic N) is 1. The molecule has 4 heteroatoms. The summed E-state index contributed by atoms with van der Waals surface area (Å²) in [5, 5.41) is 0. The molecular formula is C13H25NO2Si. The minimum Gasteiger partial charge on any atom is -0.545 e. The molecule has 0 saturated carbocycles. The van der Waals surface area contributed by atoms with Gasteiger partial charge in [-0.15, -0.1) is 0 Å². The fourth-order valence-electron chi connectivity index (χ4n) is 2.03. The summed E-state index contributed by atoms with van der Waals surface area (Å²) in [6.07, 6.45) is 6.52. The molecule has 0 radical (unpaired) electrons. The molecule has 0 aromatic heterocycles. The van der Waals surface area contributed by atoms with E-state index in [2.05, 4.69) is 37.3 Å². The molecule has 0 bridgehead atoms. The van der Waals surface area contributed by atoms with Crippen LogP contribution in [0.15, 0.2) is 24.6 Å². The van der Waals surface area contributed by atoms with E-state index >= 15 is 0 Å². The second-order valence-corrected chi connectivity index (χ2v) is 9.91. The van der Waals surface area contributed by atoms with Gasteiger partial charge in [0.2, 0.25) is 8.32 Å². The highest BCUT2D eigenvalue weighted by Crippen LogP contribution is 2.18. The fraction of sp³-hybridized carbons (Fsp3) is 0.692. The Morgan fingerprint density at radius 1 is 1.47 bits per heavy atom. The second kappa shape index (κ2) is 6.26. The quantitative estimate of drug-likeness (QED) is 0.414. The Hall–Kier alpha value is -0.743. The summed E-state index contributed by atoms with van der Waals surface area (Å²) in [5.41, 5.74) is 0. The minimum atomic E-state index is -1.52. The SMILES string of the molecule is C=C(/C=C/N1CCC[C@H]1COC)O[Si](C)(C)C. The van der Waals surface area contributed by atoms with Gasteiger partial charge in [0.1, 0.15) is 0 Å². The first-order valence-electron chi connectivity index (χ1n) is 6.23. The lowest BCUT2D eigenvalue weighted by molar-refractivity contribution is 0.138. The topological polar surface area (TPSA) is 21.7 Å². The summed E-state index contributed by atoms with van der Waals surface area (Å²) in [7, 11) is 0.234. The van der Waals surface area contributed by atoms with Gasteiger partial charge in [-0.05, 0) is 38.6 Å². The van der Waals surface area contributed by atoms with Crippen LogP contribution in [0.2, 0.25) is 19.6 Å². The molecule has 0 spiro atoms. The zero-order valence-corrected chi connectivity index (χ0v) is 12.5. The van der Waals surface area contributed by atoms with Crippen LogP contribution in [0.1, 0.15) is 12.8 Å². The molecule has 0 aromatic rings. The van der Waals surface area contributed by atoms with Gasteiger partial charge in [0.05, 0.1) is 18.4 Å². The summed E-state index contributed by atoms with van der Waals surface area (Å²) in [6.45, 7) is 12.3. The smallest absolute Gasteiger partial charge is 0.242 e. The van der Waals surface area contributed by atoms with E-state index in [1.807, 2.05) is 6.08 Å². The molecular weight excluding hydrogens is 230 g/mol. The second-order valence-electron chi connectivity index (χ2n) is 5.49. The van der Waals surface area contributed by atoms with Crippen molar-refractivity contribution in [2.75, 3.05) is 20.3 Å². The zero-order valence-electron chi connectivity index (χ0n) is 11.5. The molecule has 1 fully saturated rings. The Morgan fingerprint density at radius 3 is 2.76 bits per heavy atom. The summed E-state index contributed by atoms with van der Waals surface area (Å²) in [5.74, 6) is 0.771. The first-order chi connectivity index (χ1) is 7.92. The van der Waals surface area contributed by atoms with Gasteiger partial charge in [0.15, 0.2) is 0 Å². The van der Waals surface area contributed by atoms with E-state index in [0.29, 0.717) is 6.04 Å². The summed E-state index contributed by atoms with van der Waals surface area (Å²) >= 11 is 0. The van der Waals surface area contributed by atoms with E-state index in [0.717, 1.165) is 18.9 Å². The van der Waals surface area contributed by atoms with Gasteiger partial charge in [0.25, 0.3) is 0 Å². The monoisotopic (exact) mass is 255 g/mol. The largest absolute Gasteiger partial charge is 0.545 e. The maximum absolute atomic E-state index is 5.79. The third-order valence-electron chi connectivity index (χ3n) is 2.67. The molecule has 1 rings (SSSR count). The van der Waals surface area contributed by atoms with E-state index in [4.69, 9.17) is 9.16 Å². The molecule has 0 unspecified atom stereocenters. The lowest BCUT2D eigenvalue weighted by atomic mass is 10.2. The average molecular weight is 255 g/mol. The van der Waals surface area contributed by atoms with Crippen LogP contribution in [-0.4, -0.2) is 39.5 Å². The van der Waals surface area contributed by atoms with Crippen molar-refractivity contribution in [3.63, 3.8) is 0 Å². The molecule has 1 aliphatic rings. The predicted molar refractivity (Wildman–Crippen MR) is 74.3 cm³/mol. The van der Waals surface area contributed by atoms with Crippen molar-refractivity contribution in [2.24, 2.45) is 0 Å². The highest BCUT2D eigenvalue weighted by atomic mass is 28.4. The Balaban J connectivity index is 2.44. The van der Waals surface area contributed by atoms with Crippen LogP contribution in [0, 0.1) is 0 Å². The average Bonchev–Trinajstić information content (AvgIpc) is 2.60. The number of hydrogen-bond acceptors (Lipinski definition) is 3. The van der Waals surface area contributed by atoms with Crippen LogP contribution in [0.25, 0.3) is 0 Å². The van der Waals surface area contributed by atoms with Gasteiger partial charge in [-0.1, -0.05) is 6.58 Å². The molecule has 1 saturated heterocycles. The van der Waals surface area contributed by atoms with Gasteiger partial charge >= 0.3 is 0 Å². The summed E-state index contributed by atoms with van der Waals surface area (Å²) < 4.78 is 11.0. The maximum Gasteiger partial charge on any atom is 0.242 e. The molecule has 0 aromatic carbocycles. The third-order valence-corrected chi connectivity index (χ3v) is 3.55. The third kappa shape index (κ3) is 5.41. The van der Waals surface area contributed by atoms with Gasteiger partial charge in [-0.25, -0.2) is 0 Å². The van der Waals surface area contributed by atoms with Crippen LogP contribution in [0.5, 0.6) is 0 Å². The van der Waals surface area contributed by atoms with Crippen molar-refractivity contribution in [3.05, 3.63) is 24.6 Å². The lowest BCUT2D eigenvalue weighted by Crippen LogP contribution is -2.28. The number of hydrogen-bond donors (Lipinski definition) is 0. The molecule has 0 aliphatic carbocycles. The van der Waals surface area contributed by atoms with Crippen LogP contribution in [0.4, 0.5) is 0 Å². The van der Waals surface area contributed by atoms with Crippen molar-refractivity contribution in [1.29, 1.82) is 0 Å². The molecule has 0 N–H and O–H groups in total. The Morgan fingerprint density at radius 2 is 2.18 bits per heavy atom. The molecule has 0 amide bonds. The van der Waals surface area contributed by atoms with Crippen molar-refractivity contribution >= 4 is 8.32 Å². The normalized spacial score (nSPS) is 21.2. The Bertz CT molecular complexity index is 284. The van der Waals surface area contributed by atoms with Gasteiger partial charge in [0, 0.05) is 19.9 Å². The number of allylic oxidation sites excluding steroid dienone is 1. The van der Waals surface area contributed by atoms with E-state index in [1.54, 1.807) is 7.11 Å². The number of likely N-dealkylation sites (tertiary alicyclic amines) is 1. The molecule has 1 heterocycles. The zero-order chi connectivity index (χ0) is 12.9. The van der Waals surface area contributed by atoms with Crippen molar-refractivity contribution in [1.82, 2.24) is 4.90 Å². The first-order valence-corrected chi connectivity index (χ1v) is 9.64. The van der Waals surface area contributed by atoms with Gasteiger partial charge in [-0.2, -0.15) is 0 Å². The standard InChI is InChI=1S/C13H25NO2Si/c1-12(16-17(3,4)5)8-10-14-9-6-7-13(14)11-15-2/h8,10,13H,1,6-7,9,11H2,2-5H3/b10-8+/t13-/m0/s1. The summed E-state index contributed by atoms with van der Waals surface area (Å²) in [4.78, 5) is 2.32. The predicted octanol–water partition coefficient (Wildman–Crippen LogP) is 2.98. The molecule has 1 atom stereocenters. The van der Waals surface area contributed by atoms with Crippen LogP contribution >= 0.6 is 0 Å². The van der Waals surface area contributed by atoms with E-state index in [9.17, 15) is 0 Å². The van der Waals surface area contributed by atoms with Crippen molar-refractivity contribution in [2.45, 2.75) is 38.5 Å².